The molecular formula is C15H26N2O2S. The van der Waals surface area contributed by atoms with Crippen LogP contribution in [0.25, 0.3) is 0 Å². The summed E-state index contributed by atoms with van der Waals surface area (Å²) in [6.07, 6.45) is 8.67. The largest absolute Gasteiger partial charge is 0.393 e. The van der Waals surface area contributed by atoms with Gasteiger partial charge in [0.05, 0.1) is 11.1 Å². The second-order valence-corrected chi connectivity index (χ2v) is 6.49. The van der Waals surface area contributed by atoms with Crippen molar-refractivity contribution in [2.75, 3.05) is 19.7 Å². The minimum Gasteiger partial charge on any atom is -0.393 e. The number of carbonyl (C=O) groups is 1. The van der Waals surface area contributed by atoms with Crippen LogP contribution in [0.2, 0.25) is 0 Å². The fourth-order valence-corrected chi connectivity index (χ4v) is 3.27. The van der Waals surface area contributed by atoms with E-state index < -0.39 is 0 Å². The predicted molar refractivity (Wildman–Crippen MR) is 83.5 cm³/mol. The van der Waals surface area contributed by atoms with Crippen molar-refractivity contribution >= 4 is 23.1 Å². The van der Waals surface area contributed by atoms with E-state index in [0.717, 1.165) is 32.3 Å². The number of thiocarbonyl (C=S) groups is 1. The van der Waals surface area contributed by atoms with Gasteiger partial charge in [-0.1, -0.05) is 31.5 Å². The molecule has 20 heavy (non-hydrogen) atoms. The molecule has 5 heteroatoms. The highest BCUT2D eigenvalue weighted by Gasteiger charge is 2.28. The molecule has 0 spiro atoms. The second kappa shape index (κ2) is 7.93. The van der Waals surface area contributed by atoms with E-state index in [-0.39, 0.29) is 17.9 Å². The van der Waals surface area contributed by atoms with Crippen LogP contribution in [-0.4, -0.2) is 41.6 Å². The number of nitrogens with zero attached hydrogens (tertiary/aromatic N) is 1. The van der Waals surface area contributed by atoms with E-state index in [2.05, 4.69) is 0 Å². The van der Waals surface area contributed by atoms with Gasteiger partial charge in [0.15, 0.2) is 0 Å². The summed E-state index contributed by atoms with van der Waals surface area (Å²) in [6.45, 7) is 2.17. The molecule has 1 saturated carbocycles. The number of hydrogen-bond donors (Lipinski definition) is 1. The molecule has 1 unspecified atom stereocenters. The van der Waals surface area contributed by atoms with Crippen molar-refractivity contribution in [1.82, 2.24) is 4.90 Å². The highest BCUT2D eigenvalue weighted by atomic mass is 32.1. The average Bonchev–Trinajstić information content (AvgIpc) is 2.96. The lowest BCUT2D eigenvalue weighted by molar-refractivity contribution is -0.138. The van der Waals surface area contributed by atoms with Crippen LogP contribution < -0.4 is 5.73 Å². The number of hydrogen-bond acceptors (Lipinski definition) is 3. The molecule has 1 heterocycles. The van der Waals surface area contributed by atoms with Crippen LogP contribution in [0.4, 0.5) is 0 Å². The van der Waals surface area contributed by atoms with E-state index in [0.29, 0.717) is 24.5 Å². The van der Waals surface area contributed by atoms with Crippen molar-refractivity contribution < 1.29 is 9.53 Å². The van der Waals surface area contributed by atoms with Crippen molar-refractivity contribution in [3.8, 4) is 0 Å². The lowest BCUT2D eigenvalue weighted by atomic mass is 9.88. The molecule has 1 saturated heterocycles. The fraction of sp³-hybridized carbons (Fsp3) is 0.867. The summed E-state index contributed by atoms with van der Waals surface area (Å²) >= 11 is 4.95. The van der Waals surface area contributed by atoms with Crippen molar-refractivity contribution in [2.45, 2.75) is 57.5 Å². The molecule has 0 radical (unpaired) electrons. The van der Waals surface area contributed by atoms with Gasteiger partial charge in [-0.2, -0.15) is 0 Å². The SMILES string of the molecule is NC(=S)CCN(CC1CCCO1)C(=O)C1CCCCC1. The van der Waals surface area contributed by atoms with Gasteiger partial charge in [-0.05, 0) is 25.7 Å². The molecular weight excluding hydrogens is 272 g/mol. The molecule has 114 valence electrons. The third kappa shape index (κ3) is 4.70. The first-order valence-corrected chi connectivity index (χ1v) is 8.26. The molecule has 2 fully saturated rings. The zero-order valence-electron chi connectivity index (χ0n) is 12.2. The maximum atomic E-state index is 12.7. The molecule has 4 nitrogen and oxygen atoms in total. The smallest absolute Gasteiger partial charge is 0.225 e. The van der Waals surface area contributed by atoms with Crippen molar-refractivity contribution in [3.63, 3.8) is 0 Å². The Labute approximate surface area is 127 Å². The molecule has 0 bridgehead atoms. The molecule has 0 aromatic rings. The summed E-state index contributed by atoms with van der Waals surface area (Å²) in [6, 6.07) is 0. The van der Waals surface area contributed by atoms with Gasteiger partial charge in [0.2, 0.25) is 5.91 Å². The first-order chi connectivity index (χ1) is 9.66. The molecule has 2 aliphatic rings. The van der Waals surface area contributed by atoms with Crippen LogP contribution in [0.1, 0.15) is 51.4 Å². The Kier molecular flexibility index (Phi) is 6.23. The predicted octanol–water partition coefficient (Wildman–Crippen LogP) is 2.25. The Morgan fingerprint density at radius 3 is 2.55 bits per heavy atom. The molecule has 1 aliphatic heterocycles. The zero-order chi connectivity index (χ0) is 14.4. The Morgan fingerprint density at radius 1 is 1.20 bits per heavy atom. The maximum Gasteiger partial charge on any atom is 0.225 e. The summed E-state index contributed by atoms with van der Waals surface area (Å²) < 4.78 is 5.67. The number of rotatable bonds is 6. The van der Waals surface area contributed by atoms with Gasteiger partial charge >= 0.3 is 0 Å². The van der Waals surface area contributed by atoms with E-state index in [4.69, 9.17) is 22.7 Å². The Balaban J connectivity index is 1.91. The average molecular weight is 298 g/mol. The van der Waals surface area contributed by atoms with E-state index >= 15 is 0 Å². The van der Waals surface area contributed by atoms with Crippen LogP contribution in [0.3, 0.4) is 0 Å². The van der Waals surface area contributed by atoms with Gasteiger partial charge in [0, 0.05) is 32.0 Å². The van der Waals surface area contributed by atoms with E-state index in [9.17, 15) is 4.79 Å². The maximum absolute atomic E-state index is 12.7. The van der Waals surface area contributed by atoms with Gasteiger partial charge in [-0.3, -0.25) is 4.79 Å². The summed E-state index contributed by atoms with van der Waals surface area (Å²) in [5, 5.41) is 0. The Morgan fingerprint density at radius 2 is 1.95 bits per heavy atom. The van der Waals surface area contributed by atoms with Crippen LogP contribution in [0, 0.1) is 5.92 Å². The molecule has 0 aromatic carbocycles. The summed E-state index contributed by atoms with van der Waals surface area (Å²) in [4.78, 5) is 15.1. The van der Waals surface area contributed by atoms with Crippen molar-refractivity contribution in [2.24, 2.45) is 11.7 Å². The normalized spacial score (nSPS) is 23.7. The lowest BCUT2D eigenvalue weighted by Gasteiger charge is -2.31. The highest BCUT2D eigenvalue weighted by molar-refractivity contribution is 7.80. The van der Waals surface area contributed by atoms with Gasteiger partial charge in [0.25, 0.3) is 0 Å². The third-order valence-electron chi connectivity index (χ3n) is 4.34. The summed E-state index contributed by atoms with van der Waals surface area (Å²) in [7, 11) is 0. The zero-order valence-corrected chi connectivity index (χ0v) is 13.0. The first-order valence-electron chi connectivity index (χ1n) is 7.85. The highest BCUT2D eigenvalue weighted by Crippen LogP contribution is 2.26. The van der Waals surface area contributed by atoms with Gasteiger partial charge < -0.3 is 15.4 Å². The minimum atomic E-state index is 0.203. The molecule has 2 N–H and O–H groups in total. The quantitative estimate of drug-likeness (QED) is 0.764. The van der Waals surface area contributed by atoms with Gasteiger partial charge in [-0.15, -0.1) is 0 Å². The lowest BCUT2D eigenvalue weighted by Crippen LogP contribution is -2.42. The minimum absolute atomic E-state index is 0.203. The summed E-state index contributed by atoms with van der Waals surface area (Å²) in [5.74, 6) is 0.493. The van der Waals surface area contributed by atoms with Crippen molar-refractivity contribution in [1.29, 1.82) is 0 Å². The number of carbonyl (C=O) groups excluding carboxylic acids is 1. The van der Waals surface area contributed by atoms with Crippen LogP contribution in [0.5, 0.6) is 0 Å². The second-order valence-electron chi connectivity index (χ2n) is 5.97. The monoisotopic (exact) mass is 298 g/mol. The van der Waals surface area contributed by atoms with Crippen LogP contribution >= 0.6 is 12.2 Å². The molecule has 1 amide bonds. The Hall–Kier alpha value is -0.680. The number of ether oxygens (including phenoxy) is 1. The van der Waals surface area contributed by atoms with Crippen LogP contribution in [0.15, 0.2) is 0 Å². The van der Waals surface area contributed by atoms with E-state index in [1.54, 1.807) is 0 Å². The van der Waals surface area contributed by atoms with Gasteiger partial charge in [-0.25, -0.2) is 0 Å². The number of amides is 1. The standard InChI is InChI=1S/C15H26N2O2S/c16-14(20)8-9-17(11-13-7-4-10-19-13)15(18)12-5-2-1-3-6-12/h12-13H,1-11H2,(H2,16,20). The van der Waals surface area contributed by atoms with E-state index in [1.807, 2.05) is 4.90 Å². The first kappa shape index (κ1) is 15.7. The molecule has 1 aliphatic carbocycles. The van der Waals surface area contributed by atoms with Gasteiger partial charge in [0.1, 0.15) is 0 Å². The van der Waals surface area contributed by atoms with E-state index in [1.165, 1.54) is 19.3 Å². The van der Waals surface area contributed by atoms with Crippen molar-refractivity contribution in [3.05, 3.63) is 0 Å². The molecule has 2 rings (SSSR count). The van der Waals surface area contributed by atoms with Crippen LogP contribution in [-0.2, 0) is 9.53 Å². The molecule has 1 atom stereocenters. The molecule has 0 aromatic heterocycles. The fourth-order valence-electron chi connectivity index (χ4n) is 3.18. The summed E-state index contributed by atoms with van der Waals surface area (Å²) in [5.41, 5.74) is 5.59. The Bertz CT molecular complexity index is 337. The third-order valence-corrected chi connectivity index (χ3v) is 4.55. The number of nitrogens with two attached hydrogens (primary N) is 1. The topological polar surface area (TPSA) is 55.6 Å².